The summed E-state index contributed by atoms with van der Waals surface area (Å²) in [5, 5.41) is 7.16. The molecule has 0 aromatic carbocycles. The molecule has 3 heterocycles. The Morgan fingerprint density at radius 2 is 1.81 bits per heavy atom. The van der Waals surface area contributed by atoms with E-state index in [0.717, 1.165) is 49.9 Å². The molecule has 2 aromatic heterocycles. The van der Waals surface area contributed by atoms with E-state index in [1.54, 1.807) is 17.1 Å². The van der Waals surface area contributed by atoms with Gasteiger partial charge in [-0.3, -0.25) is 9.59 Å². The number of nitrogens with zero attached hydrogens (tertiary/aromatic N) is 4. The molecule has 2 aromatic rings. The van der Waals surface area contributed by atoms with Crippen molar-refractivity contribution < 1.29 is 9.59 Å². The van der Waals surface area contributed by atoms with E-state index in [1.807, 2.05) is 29.3 Å². The van der Waals surface area contributed by atoms with Crippen LogP contribution in [0.15, 0.2) is 36.8 Å². The number of hydrogen-bond acceptors (Lipinski definition) is 4. The lowest BCUT2D eigenvalue weighted by molar-refractivity contribution is -0.160. The van der Waals surface area contributed by atoms with Gasteiger partial charge in [0.25, 0.3) is 0 Å². The summed E-state index contributed by atoms with van der Waals surface area (Å²) in [5.41, 5.74) is 0.458. The Hall–Kier alpha value is -2.70. The van der Waals surface area contributed by atoms with Crippen LogP contribution < -0.4 is 5.32 Å². The van der Waals surface area contributed by atoms with Crippen molar-refractivity contribution in [3.8, 4) is 5.82 Å². The summed E-state index contributed by atoms with van der Waals surface area (Å²) in [4.78, 5) is 33.2. The van der Waals surface area contributed by atoms with Gasteiger partial charge in [0.1, 0.15) is 6.04 Å². The lowest BCUT2D eigenvalue weighted by atomic mass is 9.49. The number of aromatic nitrogens is 3. The third kappa shape index (κ3) is 3.25. The Labute approximate surface area is 182 Å². The van der Waals surface area contributed by atoms with Crippen molar-refractivity contribution >= 4 is 17.5 Å². The van der Waals surface area contributed by atoms with Gasteiger partial charge < -0.3 is 10.2 Å². The van der Waals surface area contributed by atoms with Crippen LogP contribution in [0.2, 0.25) is 0 Å². The Bertz CT molecular complexity index is 949. The van der Waals surface area contributed by atoms with E-state index in [-0.39, 0.29) is 23.3 Å². The fourth-order valence-electron chi connectivity index (χ4n) is 7.19. The van der Waals surface area contributed by atoms with Crippen LogP contribution in [0, 0.1) is 23.2 Å². The number of anilines is 1. The first-order chi connectivity index (χ1) is 15.1. The molecule has 0 radical (unpaired) electrons. The van der Waals surface area contributed by atoms with Crippen LogP contribution in [-0.2, 0) is 9.59 Å². The number of carbonyl (C=O) groups is 2. The van der Waals surface area contributed by atoms with Crippen LogP contribution in [0.5, 0.6) is 0 Å². The van der Waals surface area contributed by atoms with E-state index >= 15 is 0 Å². The molecule has 5 aliphatic rings. The van der Waals surface area contributed by atoms with Gasteiger partial charge in [-0.2, -0.15) is 5.10 Å². The minimum Gasteiger partial charge on any atom is -0.330 e. The number of nitrogens with one attached hydrogen (secondary N) is 1. The van der Waals surface area contributed by atoms with Gasteiger partial charge in [-0.15, -0.1) is 0 Å². The largest absolute Gasteiger partial charge is 0.330 e. The molecule has 162 valence electrons. The summed E-state index contributed by atoms with van der Waals surface area (Å²) in [7, 11) is 0. The molecule has 31 heavy (non-hydrogen) atoms. The second kappa shape index (κ2) is 7.18. The highest BCUT2D eigenvalue weighted by atomic mass is 16.2. The predicted octanol–water partition coefficient (Wildman–Crippen LogP) is 3.41. The lowest BCUT2D eigenvalue weighted by Crippen LogP contribution is -2.56. The molecule has 7 nitrogen and oxygen atoms in total. The number of pyridine rings is 1. The molecule has 4 saturated carbocycles. The normalized spacial score (nSPS) is 33.6. The molecule has 1 aliphatic heterocycles. The fourth-order valence-corrected chi connectivity index (χ4v) is 7.19. The van der Waals surface area contributed by atoms with Crippen molar-refractivity contribution in [3.05, 3.63) is 36.8 Å². The van der Waals surface area contributed by atoms with Crippen molar-refractivity contribution in [2.45, 2.75) is 57.4 Å². The highest BCUT2D eigenvalue weighted by molar-refractivity contribution is 5.98. The third-order valence-corrected chi connectivity index (χ3v) is 8.06. The first kappa shape index (κ1) is 19.0. The highest BCUT2D eigenvalue weighted by Gasteiger charge is 2.56. The third-order valence-electron chi connectivity index (χ3n) is 8.06. The maximum Gasteiger partial charge on any atom is 0.247 e. The lowest BCUT2D eigenvalue weighted by Gasteiger charge is -2.56. The quantitative estimate of drug-likeness (QED) is 0.824. The maximum absolute atomic E-state index is 13.8. The molecule has 0 spiro atoms. The van der Waals surface area contributed by atoms with E-state index < -0.39 is 0 Å². The van der Waals surface area contributed by atoms with Crippen LogP contribution in [0.25, 0.3) is 5.82 Å². The van der Waals surface area contributed by atoms with Gasteiger partial charge in [0.05, 0.1) is 17.3 Å². The fraction of sp³-hybridized carbons (Fsp3) is 0.583. The van der Waals surface area contributed by atoms with Gasteiger partial charge in [0, 0.05) is 18.9 Å². The highest BCUT2D eigenvalue weighted by Crippen LogP contribution is 2.60. The van der Waals surface area contributed by atoms with E-state index in [2.05, 4.69) is 15.4 Å². The standard InChI is InChI=1S/C24H29N5O2/c30-22(27-19-4-5-21(25-15-19)29-8-2-6-26-29)20-3-1-7-28(20)23(31)24-12-16-9-17(13-24)11-18(10-16)14-24/h2,4-6,8,15-18,20H,1,3,7,9-14H2,(H,27,30)/t16?,17?,18?,20-,24?/m1/s1. The predicted molar refractivity (Wildman–Crippen MR) is 115 cm³/mol. The summed E-state index contributed by atoms with van der Waals surface area (Å²) < 4.78 is 1.68. The molecule has 4 aliphatic carbocycles. The summed E-state index contributed by atoms with van der Waals surface area (Å²) in [6, 6.07) is 5.14. The summed E-state index contributed by atoms with van der Waals surface area (Å²) in [6.45, 7) is 0.704. The van der Waals surface area contributed by atoms with Crippen LogP contribution in [0.1, 0.15) is 51.4 Å². The van der Waals surface area contributed by atoms with Crippen molar-refractivity contribution in [3.63, 3.8) is 0 Å². The van der Waals surface area contributed by atoms with Gasteiger partial charge in [-0.1, -0.05) is 0 Å². The SMILES string of the molecule is O=C(Nc1ccc(-n2cccn2)nc1)[C@H]1CCCN1C(=O)C12CC3CC(CC(C3)C1)C2. The zero-order valence-electron chi connectivity index (χ0n) is 17.7. The zero-order valence-corrected chi connectivity index (χ0v) is 17.7. The second-order valence-corrected chi connectivity index (χ2v) is 10.2. The van der Waals surface area contributed by atoms with E-state index in [9.17, 15) is 9.59 Å². The van der Waals surface area contributed by atoms with Crippen molar-refractivity contribution in [1.29, 1.82) is 0 Å². The molecule has 0 unspecified atom stereocenters. The first-order valence-corrected chi connectivity index (χ1v) is 11.7. The van der Waals surface area contributed by atoms with Crippen LogP contribution in [0.3, 0.4) is 0 Å². The molecule has 4 bridgehead atoms. The summed E-state index contributed by atoms with van der Waals surface area (Å²) >= 11 is 0. The van der Waals surface area contributed by atoms with Crippen LogP contribution in [-0.4, -0.2) is 44.1 Å². The number of hydrogen-bond donors (Lipinski definition) is 1. The number of amides is 2. The zero-order chi connectivity index (χ0) is 21.0. The van der Waals surface area contributed by atoms with E-state index in [4.69, 9.17) is 0 Å². The molecule has 2 amide bonds. The Balaban J connectivity index is 1.16. The number of rotatable bonds is 4. The minimum absolute atomic E-state index is 0.0933. The van der Waals surface area contributed by atoms with Gasteiger partial charge in [-0.05, 0) is 87.3 Å². The van der Waals surface area contributed by atoms with Crippen molar-refractivity contribution in [2.24, 2.45) is 23.2 Å². The Morgan fingerprint density at radius 1 is 1.06 bits per heavy atom. The Kier molecular flexibility index (Phi) is 4.40. The average molecular weight is 420 g/mol. The maximum atomic E-state index is 13.8. The Morgan fingerprint density at radius 3 is 2.42 bits per heavy atom. The monoisotopic (exact) mass is 419 g/mol. The molecule has 1 saturated heterocycles. The van der Waals surface area contributed by atoms with Gasteiger partial charge in [0.2, 0.25) is 11.8 Å². The van der Waals surface area contributed by atoms with Crippen LogP contribution >= 0.6 is 0 Å². The minimum atomic E-state index is -0.369. The van der Waals surface area contributed by atoms with Gasteiger partial charge in [-0.25, -0.2) is 9.67 Å². The second-order valence-electron chi connectivity index (χ2n) is 10.2. The van der Waals surface area contributed by atoms with Gasteiger partial charge >= 0.3 is 0 Å². The topological polar surface area (TPSA) is 80.1 Å². The summed E-state index contributed by atoms with van der Waals surface area (Å²) in [5.74, 6) is 3.04. The van der Waals surface area contributed by atoms with Gasteiger partial charge in [0.15, 0.2) is 5.82 Å². The van der Waals surface area contributed by atoms with Crippen LogP contribution in [0.4, 0.5) is 5.69 Å². The molecular weight excluding hydrogens is 390 g/mol. The molecule has 7 heteroatoms. The molecule has 1 atom stereocenters. The van der Waals surface area contributed by atoms with Crippen molar-refractivity contribution in [2.75, 3.05) is 11.9 Å². The first-order valence-electron chi connectivity index (χ1n) is 11.7. The van der Waals surface area contributed by atoms with E-state index in [1.165, 1.54) is 19.3 Å². The smallest absolute Gasteiger partial charge is 0.247 e. The molecule has 5 fully saturated rings. The number of carbonyl (C=O) groups excluding carboxylic acids is 2. The average Bonchev–Trinajstić information content (AvgIpc) is 3.45. The molecule has 7 rings (SSSR count). The number of likely N-dealkylation sites (tertiary alicyclic amines) is 1. The molecular formula is C24H29N5O2. The molecule has 1 N–H and O–H groups in total. The van der Waals surface area contributed by atoms with Crippen molar-refractivity contribution in [1.82, 2.24) is 19.7 Å². The summed E-state index contributed by atoms with van der Waals surface area (Å²) in [6.07, 6.45) is 13.9. The van der Waals surface area contributed by atoms with E-state index in [0.29, 0.717) is 18.1 Å².